The van der Waals surface area contributed by atoms with Crippen molar-refractivity contribution >= 4 is 28.7 Å². The number of nitrogen functional groups attached to an aromatic ring is 1. The van der Waals surface area contributed by atoms with E-state index in [1.807, 2.05) is 14.1 Å². The molecule has 2 aromatic heterocycles. The van der Waals surface area contributed by atoms with Crippen LogP contribution in [0, 0.1) is 11.3 Å². The maximum atomic E-state index is 13.4. The van der Waals surface area contributed by atoms with Crippen LogP contribution in [0.25, 0.3) is 11.0 Å². The molecule has 1 aromatic carbocycles. The number of aromatic nitrogens is 4. The van der Waals surface area contributed by atoms with E-state index < -0.39 is 6.61 Å². The van der Waals surface area contributed by atoms with E-state index in [2.05, 4.69) is 25.3 Å². The van der Waals surface area contributed by atoms with Gasteiger partial charge in [0.2, 0.25) is 5.95 Å². The van der Waals surface area contributed by atoms with Crippen molar-refractivity contribution in [2.24, 2.45) is 11.3 Å². The second-order valence-electron chi connectivity index (χ2n) is 11.6. The van der Waals surface area contributed by atoms with E-state index in [1.54, 1.807) is 35.0 Å². The molecule has 0 unspecified atom stereocenters. The third kappa shape index (κ3) is 6.43. The standard InChI is InChI=1S/C28H38F2N8O2/c1-36(2)10-4-5-11-37(3)25(39)19-6-7-20(22(12-19)40-26(29)30)17-38-23-21(16-33-38)34-27(31)35-24(23)32-15-18-13-28(14-18)8-9-28/h6-7,12,16,18,26H,4-5,8-11,13-15,17H2,1-3H3,(H3,31,32,34,35). The summed E-state index contributed by atoms with van der Waals surface area (Å²) in [6, 6.07) is 4.65. The third-order valence-electron chi connectivity index (χ3n) is 8.01. The van der Waals surface area contributed by atoms with Gasteiger partial charge in [0.25, 0.3) is 5.91 Å². The zero-order chi connectivity index (χ0) is 28.4. The number of hydrogen-bond acceptors (Lipinski definition) is 8. The summed E-state index contributed by atoms with van der Waals surface area (Å²) in [6.07, 6.45) is 8.51. The van der Waals surface area contributed by atoms with Gasteiger partial charge < -0.3 is 25.6 Å². The smallest absolute Gasteiger partial charge is 0.387 e. The number of unbranched alkanes of at least 4 members (excludes halogenated alkanes) is 1. The fourth-order valence-electron chi connectivity index (χ4n) is 5.68. The van der Waals surface area contributed by atoms with Crippen molar-refractivity contribution in [3.8, 4) is 5.75 Å². The first-order valence-corrected chi connectivity index (χ1v) is 13.8. The molecule has 3 aromatic rings. The SMILES string of the molecule is CN(C)CCCCN(C)C(=O)c1ccc(Cn2ncc3nc(N)nc(NCC4CC5(CC5)C4)c32)c(OC(F)F)c1. The van der Waals surface area contributed by atoms with Crippen molar-refractivity contribution in [2.45, 2.75) is 51.7 Å². The summed E-state index contributed by atoms with van der Waals surface area (Å²) >= 11 is 0. The van der Waals surface area contributed by atoms with Crippen LogP contribution in [0.2, 0.25) is 0 Å². The summed E-state index contributed by atoms with van der Waals surface area (Å²) in [5.74, 6) is 0.973. The lowest BCUT2D eigenvalue weighted by Crippen LogP contribution is -2.31. The Morgan fingerprint density at radius 2 is 1.95 bits per heavy atom. The van der Waals surface area contributed by atoms with Gasteiger partial charge in [-0.15, -0.1) is 0 Å². The van der Waals surface area contributed by atoms with E-state index in [0.717, 1.165) is 25.9 Å². The van der Waals surface area contributed by atoms with Crippen LogP contribution in [0.3, 0.4) is 0 Å². The van der Waals surface area contributed by atoms with E-state index in [0.29, 0.717) is 40.3 Å². The predicted molar refractivity (Wildman–Crippen MR) is 150 cm³/mol. The van der Waals surface area contributed by atoms with Gasteiger partial charge in [-0.3, -0.25) is 9.48 Å². The Morgan fingerprint density at radius 1 is 1.20 bits per heavy atom. The summed E-state index contributed by atoms with van der Waals surface area (Å²) in [4.78, 5) is 25.4. The molecular formula is C28H38F2N8O2. The number of alkyl halides is 2. The molecule has 12 heteroatoms. The van der Waals surface area contributed by atoms with Crippen LogP contribution in [0.5, 0.6) is 5.75 Å². The van der Waals surface area contributed by atoms with Crippen LogP contribution in [0.15, 0.2) is 24.4 Å². The average Bonchev–Trinajstić information content (AvgIpc) is 3.59. The van der Waals surface area contributed by atoms with Crippen LogP contribution in [-0.2, 0) is 6.54 Å². The molecule has 1 spiro atoms. The Bertz CT molecular complexity index is 1350. The summed E-state index contributed by atoms with van der Waals surface area (Å²) in [6.45, 7) is -0.646. The molecule has 2 saturated carbocycles. The first-order valence-electron chi connectivity index (χ1n) is 13.8. The Hall–Kier alpha value is -3.54. The number of hydrogen-bond donors (Lipinski definition) is 2. The highest BCUT2D eigenvalue weighted by Crippen LogP contribution is 2.63. The minimum Gasteiger partial charge on any atom is -0.434 e. The summed E-state index contributed by atoms with van der Waals surface area (Å²) < 4.78 is 33.3. The van der Waals surface area contributed by atoms with Gasteiger partial charge in [0.1, 0.15) is 16.8 Å². The number of nitrogens with zero attached hydrogens (tertiary/aromatic N) is 6. The van der Waals surface area contributed by atoms with Gasteiger partial charge in [0, 0.05) is 31.3 Å². The van der Waals surface area contributed by atoms with E-state index >= 15 is 0 Å². The molecule has 0 aliphatic heterocycles. The Kier molecular flexibility index (Phi) is 8.07. The molecule has 1 amide bonds. The molecule has 0 bridgehead atoms. The van der Waals surface area contributed by atoms with E-state index in [1.165, 1.54) is 31.7 Å². The van der Waals surface area contributed by atoms with Crippen molar-refractivity contribution in [2.75, 3.05) is 51.8 Å². The van der Waals surface area contributed by atoms with Gasteiger partial charge in [0.15, 0.2) is 5.82 Å². The number of carbonyl (C=O) groups excluding carboxylic acids is 1. The monoisotopic (exact) mass is 556 g/mol. The van der Waals surface area contributed by atoms with E-state index in [4.69, 9.17) is 10.5 Å². The van der Waals surface area contributed by atoms with Crippen LogP contribution >= 0.6 is 0 Å². The molecule has 0 radical (unpaired) electrons. The highest BCUT2D eigenvalue weighted by molar-refractivity contribution is 5.94. The third-order valence-corrected chi connectivity index (χ3v) is 8.01. The predicted octanol–water partition coefficient (Wildman–Crippen LogP) is 4.07. The van der Waals surface area contributed by atoms with Gasteiger partial charge in [-0.1, -0.05) is 6.07 Å². The highest BCUT2D eigenvalue weighted by atomic mass is 19.3. The average molecular weight is 557 g/mol. The number of anilines is 2. The molecule has 40 heavy (non-hydrogen) atoms. The molecule has 0 saturated heterocycles. The van der Waals surface area contributed by atoms with Gasteiger partial charge in [-0.2, -0.15) is 18.9 Å². The lowest BCUT2D eigenvalue weighted by atomic mass is 9.72. The molecule has 5 rings (SSSR count). The number of nitrogens with two attached hydrogens (primary N) is 1. The first-order chi connectivity index (χ1) is 19.1. The highest BCUT2D eigenvalue weighted by Gasteiger charge is 2.52. The largest absolute Gasteiger partial charge is 0.434 e. The summed E-state index contributed by atoms with van der Waals surface area (Å²) in [5.41, 5.74) is 8.48. The molecule has 0 atom stereocenters. The molecule has 3 N–H and O–H groups in total. The fraction of sp³-hybridized carbons (Fsp3) is 0.571. The summed E-state index contributed by atoms with van der Waals surface area (Å²) in [7, 11) is 5.72. The van der Waals surface area contributed by atoms with E-state index in [-0.39, 0.29) is 29.7 Å². The first kappa shape index (κ1) is 28.0. The maximum absolute atomic E-state index is 13.4. The topological polar surface area (TPSA) is 114 Å². The number of rotatable bonds is 13. The summed E-state index contributed by atoms with van der Waals surface area (Å²) in [5, 5.41) is 7.87. The second-order valence-corrected chi connectivity index (χ2v) is 11.6. The number of fused-ring (bicyclic) bond motifs is 1. The molecule has 216 valence electrons. The molecular weight excluding hydrogens is 518 g/mol. The van der Waals surface area contributed by atoms with Crippen LogP contribution in [-0.4, -0.2) is 82.8 Å². The minimum atomic E-state index is -3.04. The Morgan fingerprint density at radius 3 is 2.65 bits per heavy atom. The fourth-order valence-corrected chi connectivity index (χ4v) is 5.68. The molecule has 2 aliphatic carbocycles. The van der Waals surface area contributed by atoms with Crippen molar-refractivity contribution in [1.82, 2.24) is 29.5 Å². The normalized spacial score (nSPS) is 16.1. The van der Waals surface area contributed by atoms with Crippen molar-refractivity contribution in [3.63, 3.8) is 0 Å². The van der Waals surface area contributed by atoms with Crippen molar-refractivity contribution in [1.29, 1.82) is 0 Å². The van der Waals surface area contributed by atoms with Gasteiger partial charge in [-0.25, -0.2) is 4.98 Å². The zero-order valence-electron chi connectivity index (χ0n) is 23.4. The molecule has 2 fully saturated rings. The quantitative estimate of drug-likeness (QED) is 0.303. The van der Waals surface area contributed by atoms with Crippen LogP contribution < -0.4 is 15.8 Å². The number of carbonyl (C=O) groups is 1. The lowest BCUT2D eigenvalue weighted by Gasteiger charge is -2.36. The number of amides is 1. The number of halogens is 2. The second kappa shape index (κ2) is 11.5. The number of nitrogens with one attached hydrogen (secondary N) is 1. The maximum Gasteiger partial charge on any atom is 0.387 e. The molecule has 2 heterocycles. The lowest BCUT2D eigenvalue weighted by molar-refractivity contribution is -0.0505. The van der Waals surface area contributed by atoms with Gasteiger partial charge in [0.05, 0.1) is 12.7 Å². The molecule has 10 nitrogen and oxygen atoms in total. The number of ether oxygens (including phenoxy) is 1. The van der Waals surface area contributed by atoms with Crippen molar-refractivity contribution in [3.05, 3.63) is 35.5 Å². The van der Waals surface area contributed by atoms with Crippen molar-refractivity contribution < 1.29 is 18.3 Å². The Balaban J connectivity index is 1.33. The van der Waals surface area contributed by atoms with Gasteiger partial charge in [-0.05, 0) is 82.6 Å². The van der Waals surface area contributed by atoms with Crippen LogP contribution in [0.4, 0.5) is 20.5 Å². The Labute approximate surface area is 232 Å². The van der Waals surface area contributed by atoms with Gasteiger partial charge >= 0.3 is 6.61 Å². The van der Waals surface area contributed by atoms with E-state index in [9.17, 15) is 13.6 Å². The zero-order valence-corrected chi connectivity index (χ0v) is 23.4. The number of benzene rings is 1. The molecule has 2 aliphatic rings. The van der Waals surface area contributed by atoms with Crippen LogP contribution in [0.1, 0.15) is 54.4 Å². The minimum absolute atomic E-state index is 0.0689.